The summed E-state index contributed by atoms with van der Waals surface area (Å²) in [5, 5.41) is 0. The van der Waals surface area contributed by atoms with Gasteiger partial charge in [0.25, 0.3) is 0 Å². The summed E-state index contributed by atoms with van der Waals surface area (Å²) < 4.78 is 70.6. The van der Waals surface area contributed by atoms with Crippen molar-refractivity contribution in [3.63, 3.8) is 0 Å². The van der Waals surface area contributed by atoms with Crippen molar-refractivity contribution in [3.05, 3.63) is 132 Å². The number of hydrogen-bond acceptors (Lipinski definition) is 4. The molecule has 4 rings (SSSR count). The fourth-order valence-corrected chi connectivity index (χ4v) is 8.98. The van der Waals surface area contributed by atoms with Crippen molar-refractivity contribution in [2.45, 2.75) is 9.79 Å². The van der Waals surface area contributed by atoms with Gasteiger partial charge in [0.1, 0.15) is 0 Å². The van der Waals surface area contributed by atoms with E-state index in [9.17, 15) is 21.2 Å². The molecular formula is C26H20FNO4S2Se. The van der Waals surface area contributed by atoms with Crippen molar-refractivity contribution in [1.82, 2.24) is 3.71 Å². The van der Waals surface area contributed by atoms with Crippen LogP contribution in [0.5, 0.6) is 0 Å². The van der Waals surface area contributed by atoms with Gasteiger partial charge in [-0.25, -0.2) is 0 Å². The summed E-state index contributed by atoms with van der Waals surface area (Å²) in [6.45, 7) is 0. The first-order valence-corrected chi connectivity index (χ1v) is 15.1. The van der Waals surface area contributed by atoms with E-state index in [2.05, 4.69) is 0 Å². The van der Waals surface area contributed by atoms with Crippen LogP contribution in [0.15, 0.2) is 130 Å². The zero-order valence-corrected chi connectivity index (χ0v) is 21.6. The molecule has 0 amide bonds. The van der Waals surface area contributed by atoms with Gasteiger partial charge in [0.05, 0.1) is 0 Å². The van der Waals surface area contributed by atoms with Crippen molar-refractivity contribution in [3.8, 4) is 0 Å². The molecule has 35 heavy (non-hydrogen) atoms. The molecule has 0 saturated heterocycles. The molecule has 0 N–H and O–H groups in total. The summed E-state index contributed by atoms with van der Waals surface area (Å²) in [5.41, 5.74) is 0.185. The molecule has 0 aromatic heterocycles. The van der Waals surface area contributed by atoms with E-state index < -0.39 is 40.8 Å². The molecule has 5 nitrogen and oxygen atoms in total. The van der Waals surface area contributed by atoms with Gasteiger partial charge in [-0.15, -0.1) is 0 Å². The average Bonchev–Trinajstić information content (AvgIpc) is 2.88. The molecule has 0 spiro atoms. The third-order valence-electron chi connectivity index (χ3n) is 4.91. The molecule has 0 radical (unpaired) electrons. The fraction of sp³-hybridized carbons (Fsp3) is 0. The van der Waals surface area contributed by atoms with E-state index in [4.69, 9.17) is 0 Å². The Labute approximate surface area is 210 Å². The van der Waals surface area contributed by atoms with Crippen LogP contribution in [0, 0.1) is 5.82 Å². The van der Waals surface area contributed by atoms with Gasteiger partial charge < -0.3 is 0 Å². The normalized spacial score (nSPS) is 12.3. The molecule has 0 saturated carbocycles. The first kappa shape index (κ1) is 24.9. The Kier molecular flexibility index (Phi) is 7.52. The van der Waals surface area contributed by atoms with Crippen LogP contribution in [0.25, 0.3) is 5.70 Å². The zero-order chi connectivity index (χ0) is 24.9. The van der Waals surface area contributed by atoms with E-state index in [-0.39, 0.29) is 21.1 Å². The van der Waals surface area contributed by atoms with E-state index in [0.29, 0.717) is 3.71 Å². The zero-order valence-electron chi connectivity index (χ0n) is 18.2. The third kappa shape index (κ3) is 5.55. The van der Waals surface area contributed by atoms with Gasteiger partial charge in [-0.05, 0) is 0 Å². The molecule has 178 valence electrons. The molecule has 0 heterocycles. The second-order valence-corrected chi connectivity index (χ2v) is 13.1. The monoisotopic (exact) mass is 573 g/mol. The molecule has 4 aromatic carbocycles. The standard InChI is InChI=1S/C26H20FNO4S2Se/c27-22-18-16-21(17-19-22)26(20-35-25-14-8-3-9-15-25)28(33(29,30)23-10-4-1-5-11-23)34(31,32)24-12-6-2-7-13-24/h1-20H/b26-20+. The third-order valence-corrected chi connectivity index (χ3v) is 10.9. The van der Waals surface area contributed by atoms with Crippen LogP contribution in [0.3, 0.4) is 0 Å². The number of sulfonamides is 2. The summed E-state index contributed by atoms with van der Waals surface area (Å²) >= 11 is -0.429. The van der Waals surface area contributed by atoms with E-state index in [1.807, 2.05) is 30.3 Å². The van der Waals surface area contributed by atoms with Gasteiger partial charge >= 0.3 is 212 Å². The van der Waals surface area contributed by atoms with E-state index in [1.54, 1.807) is 17.1 Å². The number of halogens is 1. The van der Waals surface area contributed by atoms with Crippen LogP contribution in [0.1, 0.15) is 5.56 Å². The van der Waals surface area contributed by atoms with Gasteiger partial charge in [-0.2, -0.15) is 0 Å². The molecule has 0 aliphatic rings. The van der Waals surface area contributed by atoms with E-state index in [0.717, 1.165) is 4.46 Å². The van der Waals surface area contributed by atoms with Gasteiger partial charge in [-0.3, -0.25) is 0 Å². The molecule has 0 bridgehead atoms. The van der Waals surface area contributed by atoms with Crippen molar-refractivity contribution in [1.29, 1.82) is 0 Å². The molecule has 0 atom stereocenters. The Bertz CT molecular complexity index is 1460. The van der Waals surface area contributed by atoms with E-state index in [1.165, 1.54) is 72.8 Å². The van der Waals surface area contributed by atoms with Crippen LogP contribution in [-0.4, -0.2) is 35.5 Å². The molecule has 0 fully saturated rings. The maximum atomic E-state index is 13.9. The summed E-state index contributed by atoms with van der Waals surface area (Å²) in [5.74, 6) is -0.523. The molecular weight excluding hydrogens is 552 g/mol. The number of rotatable bonds is 8. The Morgan fingerprint density at radius 2 is 1.06 bits per heavy atom. The SMILES string of the molecule is O=S(=O)(c1ccccc1)N(/C(=C/[Se]c1ccccc1)c1ccc(F)cc1)S(=O)(=O)c1ccccc1. The fourth-order valence-electron chi connectivity index (χ4n) is 3.22. The van der Waals surface area contributed by atoms with Crippen molar-refractivity contribution in [2.75, 3.05) is 0 Å². The van der Waals surface area contributed by atoms with Crippen molar-refractivity contribution >= 4 is 45.2 Å². The first-order chi connectivity index (χ1) is 16.8. The Morgan fingerprint density at radius 1 is 0.629 bits per heavy atom. The predicted octanol–water partition coefficient (Wildman–Crippen LogP) is 4.23. The number of benzene rings is 4. The van der Waals surface area contributed by atoms with Gasteiger partial charge in [0, 0.05) is 0 Å². The minimum atomic E-state index is -4.58. The van der Waals surface area contributed by atoms with Gasteiger partial charge in [0.2, 0.25) is 0 Å². The van der Waals surface area contributed by atoms with Crippen molar-refractivity contribution in [2.24, 2.45) is 0 Å². The summed E-state index contributed by atoms with van der Waals surface area (Å²) in [6.07, 6.45) is 0. The Balaban J connectivity index is 1.98. The maximum absolute atomic E-state index is 13.9. The molecule has 0 aliphatic heterocycles. The molecule has 0 aliphatic carbocycles. The van der Waals surface area contributed by atoms with Gasteiger partial charge in [-0.1, -0.05) is 0 Å². The van der Waals surface area contributed by atoms with Crippen LogP contribution >= 0.6 is 0 Å². The van der Waals surface area contributed by atoms with Gasteiger partial charge in [0.15, 0.2) is 0 Å². The summed E-state index contributed by atoms with van der Waals surface area (Å²) in [7, 11) is -9.15. The Hall–Kier alpha value is -3.23. The van der Waals surface area contributed by atoms with Crippen molar-refractivity contribution < 1.29 is 21.2 Å². The topological polar surface area (TPSA) is 71.5 Å². The Morgan fingerprint density at radius 3 is 1.51 bits per heavy atom. The van der Waals surface area contributed by atoms with Crippen LogP contribution in [0.2, 0.25) is 0 Å². The molecule has 9 heteroatoms. The first-order valence-electron chi connectivity index (χ1n) is 10.4. The van der Waals surface area contributed by atoms with Crippen LogP contribution in [-0.2, 0) is 20.0 Å². The quantitative estimate of drug-likeness (QED) is 0.297. The second kappa shape index (κ2) is 10.6. The summed E-state index contributed by atoms with van der Waals surface area (Å²) in [4.78, 5) is 1.23. The summed E-state index contributed by atoms with van der Waals surface area (Å²) in [6, 6.07) is 29.1. The number of nitrogens with zero attached hydrogens (tertiary/aromatic N) is 1. The molecule has 0 unspecified atom stereocenters. The van der Waals surface area contributed by atoms with Crippen LogP contribution < -0.4 is 4.46 Å². The predicted molar refractivity (Wildman–Crippen MR) is 135 cm³/mol. The average molecular weight is 573 g/mol. The van der Waals surface area contributed by atoms with Crippen LogP contribution in [0.4, 0.5) is 4.39 Å². The molecule has 4 aromatic rings. The number of hydrogen-bond donors (Lipinski definition) is 0. The van der Waals surface area contributed by atoms with E-state index >= 15 is 0 Å². The minimum absolute atomic E-state index is 0.0680. The second-order valence-electron chi connectivity index (χ2n) is 7.27.